The summed E-state index contributed by atoms with van der Waals surface area (Å²) in [6.45, 7) is 4.36. The summed E-state index contributed by atoms with van der Waals surface area (Å²) in [6.07, 6.45) is 1.07. The highest BCUT2D eigenvalue weighted by molar-refractivity contribution is 5.89. The van der Waals surface area contributed by atoms with Gasteiger partial charge in [0.05, 0.1) is 17.7 Å². The van der Waals surface area contributed by atoms with E-state index in [1.165, 1.54) is 20.8 Å². The van der Waals surface area contributed by atoms with E-state index < -0.39 is 17.3 Å². The Labute approximate surface area is 96.8 Å². The van der Waals surface area contributed by atoms with Crippen LogP contribution in [0.5, 0.6) is 0 Å². The normalized spacial score (nSPS) is 12.8. The number of aromatic nitrogens is 4. The molecular weight excluding hydrogens is 228 g/mol. The van der Waals surface area contributed by atoms with Crippen molar-refractivity contribution in [1.29, 1.82) is 0 Å². The third-order valence-electron chi connectivity index (χ3n) is 1.85. The van der Waals surface area contributed by atoms with Gasteiger partial charge in [-0.05, 0) is 31.2 Å². The smallest absolute Gasteiger partial charge is 0.368 e. The maximum absolute atomic E-state index is 11.7. The molecule has 0 aromatic carbocycles. The Hall–Kier alpha value is -1.96. The second kappa shape index (κ2) is 4.50. The van der Waals surface area contributed by atoms with Crippen LogP contribution in [-0.4, -0.2) is 41.6 Å². The van der Waals surface area contributed by atoms with Gasteiger partial charge in [0, 0.05) is 6.20 Å². The van der Waals surface area contributed by atoms with Gasteiger partial charge in [-0.3, -0.25) is 0 Å². The van der Waals surface area contributed by atoms with Crippen molar-refractivity contribution in [2.24, 2.45) is 0 Å². The number of hydrogen-bond donors (Lipinski definition) is 2. The fourth-order valence-electron chi connectivity index (χ4n) is 1.07. The molecule has 0 saturated carbocycles. The van der Waals surface area contributed by atoms with Gasteiger partial charge < -0.3 is 10.2 Å². The predicted molar refractivity (Wildman–Crippen MR) is 58.2 cm³/mol. The molecule has 1 heterocycles. The Morgan fingerprint density at radius 3 is 2.53 bits per heavy atom. The lowest BCUT2D eigenvalue weighted by atomic mass is 10.1. The van der Waals surface area contributed by atoms with Gasteiger partial charge in [0.2, 0.25) is 0 Å². The molecule has 8 heteroatoms. The van der Waals surface area contributed by atoms with Crippen LogP contribution in [-0.2, 0) is 11.3 Å². The Bertz CT molecular complexity index is 506. The number of nitrogens with zero attached hydrogens (tertiary/aromatic N) is 4. The minimum absolute atomic E-state index is 0.0220. The number of hydrogen-bond acceptors (Lipinski definition) is 5. The van der Waals surface area contributed by atoms with Crippen LogP contribution in [0.2, 0.25) is 0 Å². The second-order valence-electron chi connectivity index (χ2n) is 4.29. The van der Waals surface area contributed by atoms with Crippen LogP contribution in [0.15, 0.2) is 10.4 Å². The first-order valence-corrected chi connectivity index (χ1v) is 4.87. The van der Waals surface area contributed by atoms with Crippen LogP contribution in [0, 0.1) is 0 Å². The van der Waals surface area contributed by atoms with E-state index in [1.54, 1.807) is 0 Å². The Balaban J connectivity index is 3.04. The van der Waals surface area contributed by atoms with E-state index >= 15 is 0 Å². The van der Waals surface area contributed by atoms with Gasteiger partial charge in [0.25, 0.3) is 0 Å². The zero-order valence-electron chi connectivity index (χ0n) is 9.78. The molecule has 94 valence electrons. The van der Waals surface area contributed by atoms with E-state index in [0.29, 0.717) is 0 Å². The second-order valence-corrected chi connectivity index (χ2v) is 4.29. The lowest BCUT2D eigenvalue weighted by Gasteiger charge is -2.14. The highest BCUT2D eigenvalue weighted by atomic mass is 16.4. The number of tetrazole rings is 1. The van der Waals surface area contributed by atoms with Gasteiger partial charge in [0.15, 0.2) is 0 Å². The maximum Gasteiger partial charge on any atom is 0.368 e. The summed E-state index contributed by atoms with van der Waals surface area (Å²) in [5.74, 6) is -1.14. The molecule has 0 fully saturated rings. The summed E-state index contributed by atoms with van der Waals surface area (Å²) in [4.78, 5) is 22.2. The summed E-state index contributed by atoms with van der Waals surface area (Å²) < 4.78 is 1.78. The number of carboxylic acids is 1. The Kier molecular flexibility index (Phi) is 3.47. The molecule has 1 aromatic rings. The van der Waals surface area contributed by atoms with Crippen molar-refractivity contribution in [3.8, 4) is 0 Å². The van der Waals surface area contributed by atoms with Crippen molar-refractivity contribution in [1.82, 2.24) is 19.8 Å². The molecule has 8 nitrogen and oxygen atoms in total. The first-order valence-electron chi connectivity index (χ1n) is 4.87. The zero-order chi connectivity index (χ0) is 13.2. The molecule has 1 aromatic heterocycles. The number of aliphatic hydroxyl groups is 1. The monoisotopic (exact) mass is 242 g/mol. The lowest BCUT2D eigenvalue weighted by Crippen LogP contribution is -2.33. The van der Waals surface area contributed by atoms with Crippen LogP contribution in [0.3, 0.4) is 0 Å². The molecule has 0 amide bonds. The Morgan fingerprint density at radius 1 is 1.47 bits per heavy atom. The summed E-state index contributed by atoms with van der Waals surface area (Å²) in [5, 5.41) is 25.2. The average Bonchev–Trinajstić information content (AvgIpc) is 2.47. The number of carboxylic acid groups (broad SMARTS) is 1. The quantitative estimate of drug-likeness (QED) is 0.666. The van der Waals surface area contributed by atoms with E-state index in [9.17, 15) is 14.7 Å². The molecule has 2 N–H and O–H groups in total. The van der Waals surface area contributed by atoms with Gasteiger partial charge in [-0.1, -0.05) is 0 Å². The Morgan fingerprint density at radius 2 is 2.06 bits per heavy atom. The van der Waals surface area contributed by atoms with Gasteiger partial charge in [-0.15, -0.1) is 0 Å². The van der Waals surface area contributed by atoms with Crippen molar-refractivity contribution in [3.05, 3.63) is 16.1 Å². The zero-order valence-corrected chi connectivity index (χ0v) is 9.78. The summed E-state index contributed by atoms with van der Waals surface area (Å²) >= 11 is 0. The van der Waals surface area contributed by atoms with Crippen molar-refractivity contribution in [3.63, 3.8) is 0 Å². The highest BCUT2D eigenvalue weighted by Crippen LogP contribution is 2.02. The molecule has 0 aliphatic carbocycles. The topological polar surface area (TPSA) is 110 Å². The fraction of sp³-hybridized carbons (Fsp3) is 0.556. The third kappa shape index (κ3) is 3.52. The van der Waals surface area contributed by atoms with E-state index in [2.05, 4.69) is 10.4 Å². The number of rotatable bonds is 4. The van der Waals surface area contributed by atoms with Crippen LogP contribution in [0.25, 0.3) is 6.20 Å². The molecule has 17 heavy (non-hydrogen) atoms. The number of aliphatic carboxylic acids is 1. The standard InChI is InChI=1S/C9H14N4O4/c1-6(7(14)15)4-12-8(16)13(11-10-12)5-9(2,3)17/h4,17H,5H2,1-3H3,(H,14,15)/b6-4+. The average molecular weight is 242 g/mol. The molecule has 0 spiro atoms. The van der Waals surface area contributed by atoms with E-state index in [0.717, 1.165) is 15.6 Å². The SMILES string of the molecule is C/C(=C\n1nnn(CC(C)(C)O)c1=O)C(=O)O. The van der Waals surface area contributed by atoms with Crippen LogP contribution < -0.4 is 5.69 Å². The first kappa shape index (κ1) is 13.1. The van der Waals surface area contributed by atoms with Gasteiger partial charge in [0.1, 0.15) is 0 Å². The summed E-state index contributed by atoms with van der Waals surface area (Å²) in [5.41, 5.74) is -1.74. The van der Waals surface area contributed by atoms with Gasteiger partial charge in [-0.25, -0.2) is 9.59 Å². The number of carbonyl (C=O) groups is 1. The third-order valence-corrected chi connectivity index (χ3v) is 1.85. The van der Waals surface area contributed by atoms with Crippen molar-refractivity contribution >= 4 is 12.2 Å². The summed E-state index contributed by atoms with van der Waals surface area (Å²) in [6, 6.07) is 0. The summed E-state index contributed by atoms with van der Waals surface area (Å²) in [7, 11) is 0. The molecule has 0 aliphatic rings. The van der Waals surface area contributed by atoms with Crippen molar-refractivity contribution in [2.45, 2.75) is 32.9 Å². The molecule has 0 unspecified atom stereocenters. The molecular formula is C9H14N4O4. The first-order chi connectivity index (χ1) is 7.70. The highest BCUT2D eigenvalue weighted by Gasteiger charge is 2.17. The molecule has 0 radical (unpaired) electrons. The molecule has 0 atom stereocenters. The molecule has 0 aliphatic heterocycles. The van der Waals surface area contributed by atoms with Gasteiger partial charge in [-0.2, -0.15) is 9.36 Å². The van der Waals surface area contributed by atoms with E-state index in [4.69, 9.17) is 5.11 Å². The predicted octanol–water partition coefficient (Wildman–Crippen LogP) is -0.844. The maximum atomic E-state index is 11.7. The van der Waals surface area contributed by atoms with Crippen molar-refractivity contribution in [2.75, 3.05) is 0 Å². The molecule has 0 bridgehead atoms. The van der Waals surface area contributed by atoms with E-state index in [-0.39, 0.29) is 12.1 Å². The van der Waals surface area contributed by atoms with E-state index in [1.807, 2.05) is 0 Å². The largest absolute Gasteiger partial charge is 0.478 e. The minimum atomic E-state index is -1.14. The molecule has 1 rings (SSSR count). The molecule has 0 saturated heterocycles. The van der Waals surface area contributed by atoms with Crippen LogP contribution in [0.4, 0.5) is 0 Å². The van der Waals surface area contributed by atoms with Crippen LogP contribution >= 0.6 is 0 Å². The lowest BCUT2D eigenvalue weighted by molar-refractivity contribution is -0.132. The van der Waals surface area contributed by atoms with Crippen LogP contribution in [0.1, 0.15) is 20.8 Å². The fourth-order valence-corrected chi connectivity index (χ4v) is 1.07. The minimum Gasteiger partial charge on any atom is -0.478 e. The van der Waals surface area contributed by atoms with Gasteiger partial charge >= 0.3 is 11.7 Å². The van der Waals surface area contributed by atoms with Crippen molar-refractivity contribution < 1.29 is 15.0 Å².